The SMILES string of the molecule is COc1ccc2c(c1)C(=O)CC2C(=O)N1CCCCC1CN1CCCC1. The van der Waals surface area contributed by atoms with Crippen molar-refractivity contribution in [2.45, 2.75) is 50.5 Å². The second-order valence-electron chi connectivity index (χ2n) is 7.82. The predicted molar refractivity (Wildman–Crippen MR) is 99.7 cm³/mol. The molecule has 2 saturated heterocycles. The second-order valence-corrected chi connectivity index (χ2v) is 7.82. The van der Waals surface area contributed by atoms with Gasteiger partial charge in [0.2, 0.25) is 5.91 Å². The lowest BCUT2D eigenvalue weighted by molar-refractivity contribution is -0.136. The number of hydrogen-bond acceptors (Lipinski definition) is 4. The third kappa shape index (κ3) is 3.25. The third-order valence-electron chi connectivity index (χ3n) is 6.20. The number of piperidine rings is 1. The number of hydrogen-bond donors (Lipinski definition) is 0. The van der Waals surface area contributed by atoms with E-state index in [-0.39, 0.29) is 17.6 Å². The summed E-state index contributed by atoms with van der Waals surface area (Å²) >= 11 is 0. The topological polar surface area (TPSA) is 49.9 Å². The van der Waals surface area contributed by atoms with Crippen LogP contribution in [-0.2, 0) is 4.79 Å². The summed E-state index contributed by atoms with van der Waals surface area (Å²) in [6.07, 6.45) is 6.19. The molecule has 0 spiro atoms. The summed E-state index contributed by atoms with van der Waals surface area (Å²) < 4.78 is 5.24. The molecule has 26 heavy (non-hydrogen) atoms. The first-order valence-electron chi connectivity index (χ1n) is 9.91. The van der Waals surface area contributed by atoms with E-state index in [1.165, 1.54) is 19.3 Å². The van der Waals surface area contributed by atoms with Crippen LogP contribution in [0.5, 0.6) is 5.75 Å². The largest absolute Gasteiger partial charge is 0.497 e. The summed E-state index contributed by atoms with van der Waals surface area (Å²) in [7, 11) is 1.60. The van der Waals surface area contributed by atoms with Crippen molar-refractivity contribution in [2.24, 2.45) is 0 Å². The third-order valence-corrected chi connectivity index (χ3v) is 6.20. The van der Waals surface area contributed by atoms with Crippen molar-refractivity contribution in [2.75, 3.05) is 33.3 Å². The number of fused-ring (bicyclic) bond motifs is 1. The molecule has 2 fully saturated rings. The Bertz CT molecular complexity index is 696. The van der Waals surface area contributed by atoms with Crippen LogP contribution < -0.4 is 4.74 Å². The average molecular weight is 356 g/mol. The number of carbonyl (C=O) groups excluding carboxylic acids is 2. The number of Topliss-reactive ketones (excluding diaryl/α,β-unsaturated/α-hetero) is 1. The lowest BCUT2D eigenvalue weighted by atomic mass is 9.95. The van der Waals surface area contributed by atoms with Gasteiger partial charge in [-0.3, -0.25) is 9.59 Å². The molecule has 1 aromatic carbocycles. The summed E-state index contributed by atoms with van der Waals surface area (Å²) in [6.45, 7) is 4.13. The molecule has 3 aliphatic rings. The van der Waals surface area contributed by atoms with Gasteiger partial charge >= 0.3 is 0 Å². The number of likely N-dealkylation sites (tertiary alicyclic amines) is 2. The van der Waals surface area contributed by atoms with Crippen molar-refractivity contribution in [1.82, 2.24) is 9.80 Å². The van der Waals surface area contributed by atoms with E-state index < -0.39 is 0 Å². The van der Waals surface area contributed by atoms with Crippen LogP contribution in [0.15, 0.2) is 18.2 Å². The lowest BCUT2D eigenvalue weighted by Crippen LogP contribution is -2.50. The van der Waals surface area contributed by atoms with Crippen LogP contribution in [0.1, 0.15) is 60.4 Å². The Morgan fingerprint density at radius 3 is 2.69 bits per heavy atom. The van der Waals surface area contributed by atoms with Crippen LogP contribution in [0, 0.1) is 0 Å². The number of nitrogens with zero attached hydrogens (tertiary/aromatic N) is 2. The first-order valence-corrected chi connectivity index (χ1v) is 9.91. The smallest absolute Gasteiger partial charge is 0.230 e. The van der Waals surface area contributed by atoms with Gasteiger partial charge in [-0.05, 0) is 62.9 Å². The van der Waals surface area contributed by atoms with Gasteiger partial charge in [0.25, 0.3) is 0 Å². The van der Waals surface area contributed by atoms with Crippen molar-refractivity contribution >= 4 is 11.7 Å². The minimum Gasteiger partial charge on any atom is -0.497 e. The van der Waals surface area contributed by atoms with E-state index >= 15 is 0 Å². The van der Waals surface area contributed by atoms with E-state index in [9.17, 15) is 9.59 Å². The van der Waals surface area contributed by atoms with Gasteiger partial charge in [-0.25, -0.2) is 0 Å². The number of benzene rings is 1. The van der Waals surface area contributed by atoms with Crippen molar-refractivity contribution in [3.8, 4) is 5.75 Å². The highest BCUT2D eigenvalue weighted by atomic mass is 16.5. The number of carbonyl (C=O) groups is 2. The maximum absolute atomic E-state index is 13.4. The Kier molecular flexibility index (Phi) is 4.98. The minimum absolute atomic E-state index is 0.0605. The molecule has 140 valence electrons. The summed E-state index contributed by atoms with van der Waals surface area (Å²) in [4.78, 5) is 30.4. The molecular weight excluding hydrogens is 328 g/mol. The van der Waals surface area contributed by atoms with Gasteiger partial charge in [0.05, 0.1) is 13.0 Å². The predicted octanol–water partition coefficient (Wildman–Crippen LogP) is 2.84. The Hall–Kier alpha value is -1.88. The Labute approximate surface area is 155 Å². The van der Waals surface area contributed by atoms with E-state index in [2.05, 4.69) is 9.80 Å². The molecule has 0 bridgehead atoms. The van der Waals surface area contributed by atoms with E-state index in [0.717, 1.165) is 44.6 Å². The average Bonchev–Trinajstić information content (AvgIpc) is 3.29. The van der Waals surface area contributed by atoms with Crippen molar-refractivity contribution in [1.29, 1.82) is 0 Å². The van der Waals surface area contributed by atoms with Crippen molar-refractivity contribution in [3.05, 3.63) is 29.3 Å². The van der Waals surface area contributed by atoms with Crippen LogP contribution in [-0.4, -0.2) is 60.8 Å². The number of amides is 1. The summed E-state index contributed by atoms with van der Waals surface area (Å²) in [5, 5.41) is 0. The zero-order valence-electron chi connectivity index (χ0n) is 15.6. The molecule has 1 aromatic rings. The fourth-order valence-corrected chi connectivity index (χ4v) is 4.78. The van der Waals surface area contributed by atoms with Gasteiger partial charge in [-0.2, -0.15) is 0 Å². The van der Waals surface area contributed by atoms with E-state index in [0.29, 0.717) is 23.8 Å². The van der Waals surface area contributed by atoms with Crippen LogP contribution in [0.2, 0.25) is 0 Å². The highest BCUT2D eigenvalue weighted by Crippen LogP contribution is 2.37. The molecule has 5 nitrogen and oxygen atoms in total. The monoisotopic (exact) mass is 356 g/mol. The van der Waals surface area contributed by atoms with Gasteiger partial charge in [0.15, 0.2) is 5.78 Å². The lowest BCUT2D eigenvalue weighted by Gasteiger charge is -2.39. The molecule has 1 aliphatic carbocycles. The molecule has 2 heterocycles. The summed E-state index contributed by atoms with van der Waals surface area (Å²) in [5.74, 6) is 0.564. The highest BCUT2D eigenvalue weighted by molar-refractivity contribution is 6.07. The normalized spacial score (nSPS) is 26.2. The van der Waals surface area contributed by atoms with Gasteiger partial charge in [0, 0.05) is 31.1 Å². The number of ether oxygens (including phenoxy) is 1. The molecular formula is C21H28N2O3. The molecule has 2 atom stereocenters. The molecule has 0 N–H and O–H groups in total. The van der Waals surface area contributed by atoms with E-state index in [4.69, 9.17) is 4.74 Å². The van der Waals surface area contributed by atoms with Crippen LogP contribution >= 0.6 is 0 Å². The molecule has 0 aromatic heterocycles. The molecule has 2 unspecified atom stereocenters. The van der Waals surface area contributed by atoms with Crippen LogP contribution in [0.4, 0.5) is 0 Å². The number of rotatable bonds is 4. The minimum atomic E-state index is -0.317. The fraction of sp³-hybridized carbons (Fsp3) is 0.619. The van der Waals surface area contributed by atoms with Crippen LogP contribution in [0.3, 0.4) is 0 Å². The standard InChI is InChI=1S/C21H28N2O3/c1-26-16-7-8-17-18(12-16)20(24)13-19(17)21(25)23-11-3-2-6-15(23)14-22-9-4-5-10-22/h7-8,12,15,19H,2-6,9-11,13-14H2,1H3. The first kappa shape index (κ1) is 17.5. The molecule has 0 radical (unpaired) electrons. The second kappa shape index (κ2) is 7.39. The highest BCUT2D eigenvalue weighted by Gasteiger charge is 2.39. The van der Waals surface area contributed by atoms with Gasteiger partial charge in [0.1, 0.15) is 5.75 Å². The zero-order valence-corrected chi connectivity index (χ0v) is 15.6. The van der Waals surface area contributed by atoms with Crippen LogP contribution in [0.25, 0.3) is 0 Å². The Morgan fingerprint density at radius 2 is 1.92 bits per heavy atom. The molecule has 1 amide bonds. The maximum Gasteiger partial charge on any atom is 0.230 e. The van der Waals surface area contributed by atoms with E-state index in [1.807, 2.05) is 12.1 Å². The molecule has 5 heteroatoms. The van der Waals surface area contributed by atoms with Gasteiger partial charge < -0.3 is 14.5 Å². The molecule has 0 saturated carbocycles. The maximum atomic E-state index is 13.4. The summed E-state index contributed by atoms with van der Waals surface area (Å²) in [5.41, 5.74) is 1.54. The fourth-order valence-electron chi connectivity index (χ4n) is 4.78. The van der Waals surface area contributed by atoms with Gasteiger partial charge in [-0.15, -0.1) is 0 Å². The quantitative estimate of drug-likeness (QED) is 0.832. The van der Waals surface area contributed by atoms with E-state index in [1.54, 1.807) is 13.2 Å². The van der Waals surface area contributed by atoms with Crippen molar-refractivity contribution < 1.29 is 14.3 Å². The molecule has 2 aliphatic heterocycles. The Balaban J connectivity index is 1.53. The Morgan fingerprint density at radius 1 is 1.15 bits per heavy atom. The number of ketones is 1. The van der Waals surface area contributed by atoms with Gasteiger partial charge in [-0.1, -0.05) is 6.07 Å². The van der Waals surface area contributed by atoms with Crippen molar-refractivity contribution in [3.63, 3.8) is 0 Å². The zero-order chi connectivity index (χ0) is 18.1. The number of methoxy groups -OCH3 is 1. The summed E-state index contributed by atoms with van der Waals surface area (Å²) in [6, 6.07) is 5.84. The first-order chi connectivity index (χ1) is 12.7. The molecule has 4 rings (SSSR count).